The number of nitro groups is 1. The van der Waals surface area contributed by atoms with Crippen LogP contribution in [0.15, 0.2) is 24.3 Å². The predicted molar refractivity (Wildman–Crippen MR) is 66.2 cm³/mol. The minimum atomic E-state index is -0.419. The highest BCUT2D eigenvalue weighted by Gasteiger charge is 2.05. The second-order valence-corrected chi connectivity index (χ2v) is 4.15. The lowest BCUT2D eigenvalue weighted by atomic mass is 10.2. The lowest BCUT2D eigenvalue weighted by Gasteiger charge is -2.05. The Morgan fingerprint density at radius 3 is 2.81 bits per heavy atom. The van der Waals surface area contributed by atoms with Crippen molar-refractivity contribution in [3.8, 4) is 5.75 Å². The van der Waals surface area contributed by atoms with E-state index in [4.69, 9.17) is 4.74 Å². The molecular formula is C11H14BrNO3. The Hall–Kier alpha value is -1.10. The van der Waals surface area contributed by atoms with Gasteiger partial charge in [0, 0.05) is 11.4 Å². The van der Waals surface area contributed by atoms with Crippen LogP contribution in [-0.4, -0.2) is 16.9 Å². The van der Waals surface area contributed by atoms with E-state index in [2.05, 4.69) is 15.9 Å². The third-order valence-electron chi connectivity index (χ3n) is 2.08. The predicted octanol–water partition coefficient (Wildman–Crippen LogP) is 3.54. The molecule has 88 valence electrons. The van der Waals surface area contributed by atoms with E-state index in [1.807, 2.05) is 0 Å². The summed E-state index contributed by atoms with van der Waals surface area (Å²) >= 11 is 3.36. The molecule has 1 rings (SSSR count). The molecule has 0 aliphatic heterocycles. The molecule has 1 aromatic rings. The second-order valence-electron chi connectivity index (χ2n) is 3.35. The van der Waals surface area contributed by atoms with E-state index >= 15 is 0 Å². The van der Waals surface area contributed by atoms with Crippen LogP contribution in [0.1, 0.15) is 19.3 Å². The molecule has 0 aliphatic rings. The molecule has 0 heterocycles. The Balaban J connectivity index is 2.36. The number of halogens is 1. The Morgan fingerprint density at radius 2 is 2.12 bits per heavy atom. The molecule has 0 fully saturated rings. The normalized spacial score (nSPS) is 10.1. The van der Waals surface area contributed by atoms with E-state index < -0.39 is 4.92 Å². The van der Waals surface area contributed by atoms with Gasteiger partial charge in [0.15, 0.2) is 0 Å². The minimum Gasteiger partial charge on any atom is -0.493 e. The number of rotatable bonds is 7. The van der Waals surface area contributed by atoms with E-state index in [1.54, 1.807) is 12.1 Å². The summed E-state index contributed by atoms with van der Waals surface area (Å²) in [5.74, 6) is 0.563. The molecule has 0 aliphatic carbocycles. The number of hydrogen-bond donors (Lipinski definition) is 0. The van der Waals surface area contributed by atoms with Gasteiger partial charge in [-0.3, -0.25) is 10.1 Å². The summed E-state index contributed by atoms with van der Waals surface area (Å²) in [6, 6.07) is 6.27. The van der Waals surface area contributed by atoms with Crippen molar-refractivity contribution in [2.45, 2.75) is 19.3 Å². The number of nitro benzene ring substituents is 1. The van der Waals surface area contributed by atoms with Gasteiger partial charge < -0.3 is 4.74 Å². The van der Waals surface area contributed by atoms with E-state index in [0.29, 0.717) is 12.4 Å². The molecule has 1 aromatic carbocycles. The Morgan fingerprint density at radius 1 is 1.31 bits per heavy atom. The Kier molecular flexibility index (Phi) is 5.85. The van der Waals surface area contributed by atoms with Crippen LogP contribution in [0, 0.1) is 10.1 Å². The van der Waals surface area contributed by atoms with Crippen LogP contribution in [0.25, 0.3) is 0 Å². The van der Waals surface area contributed by atoms with Crippen molar-refractivity contribution in [1.29, 1.82) is 0 Å². The van der Waals surface area contributed by atoms with Gasteiger partial charge in [-0.25, -0.2) is 0 Å². The summed E-state index contributed by atoms with van der Waals surface area (Å²) in [5.41, 5.74) is 0.0676. The Labute approximate surface area is 103 Å². The first-order chi connectivity index (χ1) is 7.74. The molecule has 0 radical (unpaired) electrons. The van der Waals surface area contributed by atoms with Crippen LogP contribution < -0.4 is 4.74 Å². The lowest BCUT2D eigenvalue weighted by Crippen LogP contribution is -1.98. The van der Waals surface area contributed by atoms with Crippen molar-refractivity contribution in [2.75, 3.05) is 11.9 Å². The van der Waals surface area contributed by atoms with E-state index in [1.165, 1.54) is 12.1 Å². The second kappa shape index (κ2) is 7.22. The summed E-state index contributed by atoms with van der Waals surface area (Å²) in [6.07, 6.45) is 3.19. The van der Waals surface area contributed by atoms with Crippen molar-refractivity contribution in [1.82, 2.24) is 0 Å². The first-order valence-electron chi connectivity index (χ1n) is 5.17. The van der Waals surface area contributed by atoms with E-state index in [0.717, 1.165) is 24.6 Å². The summed E-state index contributed by atoms with van der Waals surface area (Å²) in [7, 11) is 0. The molecule has 0 amide bonds. The van der Waals surface area contributed by atoms with Crippen LogP contribution in [-0.2, 0) is 0 Å². The fourth-order valence-electron chi connectivity index (χ4n) is 1.25. The standard InChI is InChI=1S/C11H14BrNO3/c12-7-2-1-3-8-16-11-6-4-5-10(9-11)13(14)15/h4-6,9H,1-3,7-8H2. The fraction of sp³-hybridized carbons (Fsp3) is 0.455. The molecule has 4 nitrogen and oxygen atoms in total. The molecule has 0 unspecified atom stereocenters. The molecule has 16 heavy (non-hydrogen) atoms. The number of alkyl halides is 1. The third-order valence-corrected chi connectivity index (χ3v) is 2.64. The first-order valence-corrected chi connectivity index (χ1v) is 6.29. The van der Waals surface area contributed by atoms with Crippen molar-refractivity contribution in [3.63, 3.8) is 0 Å². The van der Waals surface area contributed by atoms with Gasteiger partial charge in [0.05, 0.1) is 17.6 Å². The monoisotopic (exact) mass is 287 g/mol. The van der Waals surface area contributed by atoms with Gasteiger partial charge in [0.1, 0.15) is 5.75 Å². The molecule has 5 heteroatoms. The van der Waals surface area contributed by atoms with Gasteiger partial charge in [-0.15, -0.1) is 0 Å². The maximum absolute atomic E-state index is 10.5. The summed E-state index contributed by atoms with van der Waals surface area (Å²) in [6.45, 7) is 0.605. The average Bonchev–Trinajstić information content (AvgIpc) is 2.29. The van der Waals surface area contributed by atoms with E-state index in [9.17, 15) is 10.1 Å². The molecule has 0 atom stereocenters. The van der Waals surface area contributed by atoms with Crippen LogP contribution in [0.3, 0.4) is 0 Å². The largest absolute Gasteiger partial charge is 0.493 e. The lowest BCUT2D eigenvalue weighted by molar-refractivity contribution is -0.384. The van der Waals surface area contributed by atoms with Crippen LogP contribution in [0.2, 0.25) is 0 Å². The molecule has 0 spiro atoms. The topological polar surface area (TPSA) is 52.4 Å². The number of hydrogen-bond acceptors (Lipinski definition) is 3. The number of benzene rings is 1. The van der Waals surface area contributed by atoms with E-state index in [-0.39, 0.29) is 5.69 Å². The maximum atomic E-state index is 10.5. The number of ether oxygens (including phenoxy) is 1. The highest BCUT2D eigenvalue weighted by Crippen LogP contribution is 2.19. The molecular weight excluding hydrogens is 274 g/mol. The highest BCUT2D eigenvalue weighted by atomic mass is 79.9. The van der Waals surface area contributed by atoms with Crippen molar-refractivity contribution in [3.05, 3.63) is 34.4 Å². The van der Waals surface area contributed by atoms with Crippen molar-refractivity contribution in [2.24, 2.45) is 0 Å². The third kappa shape index (κ3) is 4.61. The zero-order chi connectivity index (χ0) is 11.8. The van der Waals surface area contributed by atoms with Crippen LogP contribution in [0.5, 0.6) is 5.75 Å². The summed E-state index contributed by atoms with van der Waals surface area (Å²) in [5, 5.41) is 11.5. The quantitative estimate of drug-likeness (QED) is 0.334. The zero-order valence-electron chi connectivity index (χ0n) is 8.89. The smallest absolute Gasteiger partial charge is 0.273 e. The van der Waals surface area contributed by atoms with Gasteiger partial charge in [-0.05, 0) is 25.3 Å². The SMILES string of the molecule is O=[N+]([O-])c1cccc(OCCCCCBr)c1. The number of nitrogens with zero attached hydrogens (tertiary/aromatic N) is 1. The number of non-ortho nitro benzene ring substituents is 1. The van der Waals surface area contributed by atoms with Crippen LogP contribution in [0.4, 0.5) is 5.69 Å². The molecule has 0 saturated heterocycles. The van der Waals surface area contributed by atoms with Gasteiger partial charge in [0.2, 0.25) is 0 Å². The maximum Gasteiger partial charge on any atom is 0.273 e. The Bertz CT molecular complexity index is 344. The van der Waals surface area contributed by atoms with Gasteiger partial charge >= 0.3 is 0 Å². The van der Waals surface area contributed by atoms with Crippen molar-refractivity contribution < 1.29 is 9.66 Å². The number of unbranched alkanes of at least 4 members (excludes halogenated alkanes) is 2. The molecule has 0 N–H and O–H groups in total. The van der Waals surface area contributed by atoms with Gasteiger partial charge in [-0.2, -0.15) is 0 Å². The van der Waals surface area contributed by atoms with Crippen molar-refractivity contribution >= 4 is 21.6 Å². The molecule has 0 aromatic heterocycles. The average molecular weight is 288 g/mol. The summed E-state index contributed by atoms with van der Waals surface area (Å²) < 4.78 is 5.42. The fourth-order valence-corrected chi connectivity index (χ4v) is 1.65. The summed E-state index contributed by atoms with van der Waals surface area (Å²) in [4.78, 5) is 10.1. The first kappa shape index (κ1) is 13.0. The van der Waals surface area contributed by atoms with Crippen LogP contribution >= 0.6 is 15.9 Å². The van der Waals surface area contributed by atoms with Gasteiger partial charge in [0.25, 0.3) is 5.69 Å². The molecule has 0 bridgehead atoms. The highest BCUT2D eigenvalue weighted by molar-refractivity contribution is 9.09. The zero-order valence-corrected chi connectivity index (χ0v) is 10.5. The molecule has 0 saturated carbocycles. The van der Waals surface area contributed by atoms with Gasteiger partial charge in [-0.1, -0.05) is 22.0 Å². The minimum absolute atomic E-state index is 0.0676.